The number of hydrogen-bond acceptors (Lipinski definition) is 6. The summed E-state index contributed by atoms with van der Waals surface area (Å²) >= 11 is -0.454. The first-order valence-corrected chi connectivity index (χ1v) is 8.44. The molecule has 1 fully saturated rings. The van der Waals surface area contributed by atoms with Crippen molar-refractivity contribution in [3.05, 3.63) is 30.3 Å². The molecule has 1 aromatic carbocycles. The molecule has 2 rings (SSSR count). The predicted octanol–water partition coefficient (Wildman–Crippen LogP) is 0.574. The van der Waals surface area contributed by atoms with Crippen LogP contribution in [0.2, 0.25) is 4.82 Å². The zero-order valence-corrected chi connectivity index (χ0v) is 14.2. The van der Waals surface area contributed by atoms with Crippen LogP contribution in [0.25, 0.3) is 0 Å². The first kappa shape index (κ1) is 15.6. The van der Waals surface area contributed by atoms with E-state index in [0.29, 0.717) is 0 Å². The summed E-state index contributed by atoms with van der Waals surface area (Å²) in [5.41, 5.74) is -4.24. The van der Waals surface area contributed by atoms with Crippen LogP contribution in [0.3, 0.4) is 0 Å². The Morgan fingerprint density at radius 2 is 1.74 bits per heavy atom. The number of carbonyl (C=O) groups excluding carboxylic acids is 2. The van der Waals surface area contributed by atoms with Crippen LogP contribution in [0.1, 0.15) is 7.77 Å². The van der Waals surface area contributed by atoms with E-state index in [1.165, 1.54) is 0 Å². The van der Waals surface area contributed by atoms with Crippen LogP contribution < -0.4 is 4.46 Å². The van der Waals surface area contributed by atoms with Crippen LogP contribution >= 0.6 is 0 Å². The van der Waals surface area contributed by atoms with Gasteiger partial charge in [0.05, 0.1) is 0 Å². The molecule has 23 heavy (non-hydrogen) atoms. The molecule has 0 heterocycles. The third kappa shape index (κ3) is 2.30. The molecule has 6 nitrogen and oxygen atoms in total. The normalized spacial score (nSPS) is 24.1. The summed E-state index contributed by atoms with van der Waals surface area (Å²) in [4.78, 5) is 23.9. The predicted molar refractivity (Wildman–Crippen MR) is 80.3 cm³/mol. The number of hydrogen-bond donors (Lipinski definition) is 0. The quantitative estimate of drug-likeness (QED) is 0.432. The average molecular weight is 378 g/mol. The molecule has 0 aliphatic heterocycles. The van der Waals surface area contributed by atoms with E-state index in [-0.39, 0.29) is 0 Å². The van der Waals surface area contributed by atoms with Gasteiger partial charge in [0, 0.05) is 0 Å². The van der Waals surface area contributed by atoms with Crippen molar-refractivity contribution in [3.63, 3.8) is 0 Å². The summed E-state index contributed by atoms with van der Waals surface area (Å²) in [6.07, 6.45) is -1.29. The minimum absolute atomic E-state index is 0.454. The number of methoxy groups -OCH3 is 2. The SMILES string of the molecule is [2H]C1[C@@H]([Se]c2ccccc2)C(C#N)(C#N)C1(C(=O)OC)C(=O)OC. The molecule has 0 amide bonds. The summed E-state index contributed by atoms with van der Waals surface area (Å²) in [5.74, 6) is -2.17. The fraction of sp³-hybridized carbons (Fsp3) is 0.375. The van der Waals surface area contributed by atoms with Gasteiger partial charge in [-0.2, -0.15) is 0 Å². The molecule has 0 spiro atoms. The van der Waals surface area contributed by atoms with Gasteiger partial charge >= 0.3 is 141 Å². The van der Waals surface area contributed by atoms with Gasteiger partial charge in [-0.05, 0) is 0 Å². The maximum atomic E-state index is 12.3. The average Bonchev–Trinajstić information content (AvgIpc) is 2.63. The molecular formula is C16H14N2O4Se. The molecule has 1 saturated carbocycles. The zero-order valence-electron chi connectivity index (χ0n) is 13.5. The van der Waals surface area contributed by atoms with Crippen LogP contribution in [0.15, 0.2) is 30.3 Å². The first-order valence-electron chi connectivity index (χ1n) is 7.17. The van der Waals surface area contributed by atoms with Crippen LogP contribution in [0.4, 0.5) is 0 Å². The number of benzene rings is 1. The van der Waals surface area contributed by atoms with E-state index < -0.39 is 48.9 Å². The molecule has 0 aromatic heterocycles. The molecular weight excluding hydrogens is 363 g/mol. The molecule has 0 bridgehead atoms. The van der Waals surface area contributed by atoms with Crippen molar-refractivity contribution in [2.24, 2.45) is 10.8 Å². The van der Waals surface area contributed by atoms with E-state index in [2.05, 4.69) is 9.47 Å². The van der Waals surface area contributed by atoms with Crippen LogP contribution in [-0.2, 0) is 19.1 Å². The van der Waals surface area contributed by atoms with Crippen molar-refractivity contribution in [2.45, 2.75) is 11.2 Å². The van der Waals surface area contributed by atoms with Crippen LogP contribution in [0.5, 0.6) is 0 Å². The van der Waals surface area contributed by atoms with E-state index in [9.17, 15) is 20.1 Å². The van der Waals surface area contributed by atoms with Crippen molar-refractivity contribution in [1.29, 1.82) is 10.5 Å². The Bertz CT molecular complexity index is 711. The Labute approximate surface area is 141 Å². The molecule has 1 aliphatic carbocycles. The van der Waals surface area contributed by atoms with E-state index in [4.69, 9.17) is 1.37 Å². The van der Waals surface area contributed by atoms with Crippen molar-refractivity contribution in [1.82, 2.24) is 0 Å². The number of nitriles is 2. The second-order valence-corrected chi connectivity index (χ2v) is 7.39. The molecule has 1 aromatic rings. The molecule has 0 radical (unpaired) electrons. The summed E-state index contributed by atoms with van der Waals surface area (Å²) in [6, 6.07) is 12.7. The van der Waals surface area contributed by atoms with Crippen LogP contribution in [0, 0.1) is 33.5 Å². The van der Waals surface area contributed by atoms with Crippen molar-refractivity contribution in [2.75, 3.05) is 14.2 Å². The molecule has 7 heteroatoms. The molecule has 1 unspecified atom stereocenters. The monoisotopic (exact) mass is 379 g/mol. The van der Waals surface area contributed by atoms with Gasteiger partial charge in [-0.25, -0.2) is 0 Å². The van der Waals surface area contributed by atoms with Gasteiger partial charge in [0.2, 0.25) is 0 Å². The minimum atomic E-state index is -2.25. The summed E-state index contributed by atoms with van der Waals surface area (Å²) < 4.78 is 18.5. The third-order valence-electron chi connectivity index (χ3n) is 3.82. The standard InChI is InChI=1S/C16H14N2O4Se/c1-21-13(19)16(14(20)22-2)8-12(15(16,9-17)10-18)23-11-6-4-3-5-7-11/h3-7,12H,8H2,1-2H3/t12-/m1/s1/i8D/t8?,12-. The van der Waals surface area contributed by atoms with Gasteiger partial charge in [0.15, 0.2) is 0 Å². The topological polar surface area (TPSA) is 100 Å². The van der Waals surface area contributed by atoms with E-state index in [1.54, 1.807) is 0 Å². The Morgan fingerprint density at radius 3 is 2.17 bits per heavy atom. The van der Waals surface area contributed by atoms with Gasteiger partial charge < -0.3 is 0 Å². The second-order valence-electron chi connectivity index (χ2n) is 4.84. The Balaban J connectivity index is 2.55. The van der Waals surface area contributed by atoms with Crippen LogP contribution in [-0.4, -0.2) is 41.1 Å². The van der Waals surface area contributed by atoms with Gasteiger partial charge in [-0.1, -0.05) is 0 Å². The van der Waals surface area contributed by atoms with E-state index >= 15 is 0 Å². The molecule has 2 atom stereocenters. The fourth-order valence-electron chi connectivity index (χ4n) is 2.57. The molecule has 0 N–H and O–H groups in total. The van der Waals surface area contributed by atoms with E-state index in [1.807, 2.05) is 42.5 Å². The van der Waals surface area contributed by atoms with Crippen molar-refractivity contribution < 1.29 is 20.4 Å². The molecule has 0 saturated heterocycles. The van der Waals surface area contributed by atoms with Gasteiger partial charge in [0.1, 0.15) is 0 Å². The second kappa shape index (κ2) is 6.42. The molecule has 118 valence electrons. The zero-order chi connectivity index (χ0) is 18.0. The number of rotatable bonds is 4. The molecule has 1 aliphatic rings. The first-order chi connectivity index (χ1) is 11.5. The number of carbonyl (C=O) groups is 2. The Morgan fingerprint density at radius 1 is 1.22 bits per heavy atom. The number of ether oxygens (including phenoxy) is 2. The number of esters is 2. The van der Waals surface area contributed by atoms with Gasteiger partial charge in [-0.3, -0.25) is 0 Å². The van der Waals surface area contributed by atoms with Crippen molar-refractivity contribution in [3.8, 4) is 12.1 Å². The van der Waals surface area contributed by atoms with Gasteiger partial charge in [0.25, 0.3) is 0 Å². The summed E-state index contributed by atoms with van der Waals surface area (Å²) in [5, 5.41) is 19.3. The Hall–Kier alpha value is -2.34. The maximum absolute atomic E-state index is 12.3. The summed E-state index contributed by atoms with van der Waals surface area (Å²) in [7, 11) is 2.10. The Kier molecular flexibility index (Phi) is 4.34. The van der Waals surface area contributed by atoms with Crippen molar-refractivity contribution >= 4 is 31.4 Å². The fourth-order valence-corrected chi connectivity index (χ4v) is 5.40. The summed E-state index contributed by atoms with van der Waals surface area (Å²) in [6.45, 7) is 0. The van der Waals surface area contributed by atoms with Gasteiger partial charge in [-0.15, -0.1) is 0 Å². The van der Waals surface area contributed by atoms with E-state index in [0.717, 1.165) is 18.7 Å². The number of nitrogens with zero attached hydrogens (tertiary/aromatic N) is 2. The third-order valence-corrected chi connectivity index (χ3v) is 6.53.